The second kappa shape index (κ2) is 6.31. The van der Waals surface area contributed by atoms with E-state index in [4.69, 9.17) is 11.6 Å². The third-order valence-electron chi connectivity index (χ3n) is 2.65. The van der Waals surface area contributed by atoms with E-state index in [-0.39, 0.29) is 12.2 Å². The summed E-state index contributed by atoms with van der Waals surface area (Å²) >= 11 is 6.04. The highest BCUT2D eigenvalue weighted by atomic mass is 35.5. The molecule has 0 aromatic carbocycles. The molecular formula is C12H12ClN5O3. The van der Waals surface area contributed by atoms with E-state index in [1.165, 1.54) is 0 Å². The van der Waals surface area contributed by atoms with Crippen LogP contribution in [-0.2, 0) is 6.54 Å². The van der Waals surface area contributed by atoms with E-state index < -0.39 is 10.6 Å². The van der Waals surface area contributed by atoms with Gasteiger partial charge in [-0.15, -0.1) is 0 Å². The molecule has 8 nitrogen and oxygen atoms in total. The first-order chi connectivity index (χ1) is 10.0. The molecule has 0 aliphatic heterocycles. The molecule has 0 unspecified atom stereocenters. The maximum atomic E-state index is 11.7. The summed E-state index contributed by atoms with van der Waals surface area (Å²) in [5.41, 5.74) is -0.444. The minimum absolute atomic E-state index is 0.00554. The maximum Gasteiger partial charge on any atom is 0.348 e. The average molecular weight is 310 g/mol. The number of nitro groups is 1. The molecule has 0 fully saturated rings. The minimum Gasteiger partial charge on any atom is -0.370 e. The highest BCUT2D eigenvalue weighted by Crippen LogP contribution is 2.18. The fourth-order valence-corrected chi connectivity index (χ4v) is 1.85. The number of hydrogen-bond acceptors (Lipinski definition) is 6. The van der Waals surface area contributed by atoms with Crippen LogP contribution in [0.5, 0.6) is 0 Å². The summed E-state index contributed by atoms with van der Waals surface area (Å²) in [6.45, 7) is 2.61. The number of nitrogens with zero attached hydrogens (tertiary/aromatic N) is 4. The Hall–Kier alpha value is -2.48. The van der Waals surface area contributed by atoms with Crippen LogP contribution < -0.4 is 11.0 Å². The quantitative estimate of drug-likeness (QED) is 0.665. The van der Waals surface area contributed by atoms with E-state index in [9.17, 15) is 14.9 Å². The molecular weight excluding hydrogens is 298 g/mol. The Morgan fingerprint density at radius 1 is 1.48 bits per heavy atom. The van der Waals surface area contributed by atoms with E-state index in [2.05, 4.69) is 15.3 Å². The third-order valence-corrected chi connectivity index (χ3v) is 2.99. The molecule has 0 saturated carbocycles. The fourth-order valence-electron chi connectivity index (χ4n) is 1.69. The van der Waals surface area contributed by atoms with Gasteiger partial charge in [-0.25, -0.2) is 9.78 Å². The first kappa shape index (κ1) is 14.9. The van der Waals surface area contributed by atoms with Gasteiger partial charge >= 0.3 is 11.4 Å². The van der Waals surface area contributed by atoms with Crippen molar-refractivity contribution in [3.8, 4) is 0 Å². The Kier molecular flexibility index (Phi) is 4.49. The molecule has 0 atom stereocenters. The zero-order chi connectivity index (χ0) is 15.4. The van der Waals surface area contributed by atoms with E-state index >= 15 is 0 Å². The van der Waals surface area contributed by atoms with Crippen molar-refractivity contribution in [3.05, 3.63) is 55.8 Å². The van der Waals surface area contributed by atoms with Crippen LogP contribution in [-0.4, -0.2) is 26.0 Å². The van der Waals surface area contributed by atoms with Crippen LogP contribution in [0, 0.1) is 10.1 Å². The van der Waals surface area contributed by atoms with Gasteiger partial charge in [-0.2, -0.15) is 4.98 Å². The molecule has 0 saturated heterocycles. The predicted octanol–water partition coefficient (Wildman–Crippen LogP) is 1.68. The standard InChI is InChI=1S/C12H12ClN5O3/c1-2-14-11-4-3-9(13)10(16-11)7-17-6-8(18(20)21)5-15-12(17)19/h3-6H,2,7H2,1H3,(H,14,16). The second-order valence-electron chi connectivity index (χ2n) is 4.14. The monoisotopic (exact) mass is 309 g/mol. The highest BCUT2D eigenvalue weighted by Gasteiger charge is 2.11. The normalized spacial score (nSPS) is 10.4. The van der Waals surface area contributed by atoms with Gasteiger partial charge in [-0.05, 0) is 19.1 Å². The zero-order valence-corrected chi connectivity index (χ0v) is 11.9. The van der Waals surface area contributed by atoms with Gasteiger partial charge in [-0.1, -0.05) is 11.6 Å². The van der Waals surface area contributed by atoms with E-state index in [0.29, 0.717) is 23.1 Å². The lowest BCUT2D eigenvalue weighted by Gasteiger charge is -2.09. The summed E-state index contributed by atoms with van der Waals surface area (Å²) < 4.78 is 1.10. The Labute approximate surface area is 124 Å². The number of halogens is 1. The first-order valence-electron chi connectivity index (χ1n) is 6.11. The molecule has 2 heterocycles. The molecule has 0 radical (unpaired) electrons. The van der Waals surface area contributed by atoms with Crippen LogP contribution in [0.2, 0.25) is 5.02 Å². The summed E-state index contributed by atoms with van der Waals surface area (Å²) in [5, 5.41) is 14.1. The fraction of sp³-hybridized carbons (Fsp3) is 0.250. The van der Waals surface area contributed by atoms with Crippen molar-refractivity contribution in [2.75, 3.05) is 11.9 Å². The molecule has 0 spiro atoms. The number of nitrogens with one attached hydrogen (secondary N) is 1. The van der Waals surface area contributed by atoms with E-state index in [0.717, 1.165) is 17.0 Å². The molecule has 0 bridgehead atoms. The van der Waals surface area contributed by atoms with Crippen molar-refractivity contribution >= 4 is 23.1 Å². The molecule has 0 amide bonds. The lowest BCUT2D eigenvalue weighted by molar-refractivity contribution is -0.385. The van der Waals surface area contributed by atoms with Crippen molar-refractivity contribution in [2.45, 2.75) is 13.5 Å². The Bertz CT molecular complexity index is 731. The van der Waals surface area contributed by atoms with Crippen molar-refractivity contribution in [1.29, 1.82) is 0 Å². The van der Waals surface area contributed by atoms with E-state index in [1.54, 1.807) is 12.1 Å². The molecule has 0 aliphatic carbocycles. The van der Waals surface area contributed by atoms with Gasteiger partial charge < -0.3 is 5.32 Å². The number of hydrogen-bond donors (Lipinski definition) is 1. The lowest BCUT2D eigenvalue weighted by Crippen LogP contribution is -2.23. The van der Waals surface area contributed by atoms with E-state index in [1.807, 2.05) is 6.92 Å². The molecule has 2 aromatic heterocycles. The number of pyridine rings is 1. The number of anilines is 1. The van der Waals surface area contributed by atoms with Crippen LogP contribution in [0.25, 0.3) is 0 Å². The highest BCUT2D eigenvalue weighted by molar-refractivity contribution is 6.31. The largest absolute Gasteiger partial charge is 0.370 e. The lowest BCUT2D eigenvalue weighted by atomic mass is 10.3. The first-order valence-corrected chi connectivity index (χ1v) is 6.49. The smallest absolute Gasteiger partial charge is 0.348 e. The maximum absolute atomic E-state index is 11.7. The Balaban J connectivity index is 2.37. The number of rotatable bonds is 5. The van der Waals surface area contributed by atoms with Gasteiger partial charge in [0.2, 0.25) is 0 Å². The van der Waals surface area contributed by atoms with Crippen molar-refractivity contribution < 1.29 is 4.92 Å². The summed E-state index contributed by atoms with van der Waals surface area (Å²) in [4.78, 5) is 29.5. The average Bonchev–Trinajstić information content (AvgIpc) is 2.45. The van der Waals surface area contributed by atoms with Gasteiger partial charge in [-0.3, -0.25) is 14.7 Å². The second-order valence-corrected chi connectivity index (χ2v) is 4.54. The van der Waals surface area contributed by atoms with Crippen LogP contribution in [0.15, 0.2) is 29.3 Å². The van der Waals surface area contributed by atoms with Crippen molar-refractivity contribution in [2.24, 2.45) is 0 Å². The molecule has 1 N–H and O–H groups in total. The van der Waals surface area contributed by atoms with Crippen molar-refractivity contribution in [3.63, 3.8) is 0 Å². The van der Waals surface area contributed by atoms with Crippen molar-refractivity contribution in [1.82, 2.24) is 14.5 Å². The Morgan fingerprint density at radius 2 is 2.24 bits per heavy atom. The third kappa shape index (κ3) is 3.54. The van der Waals surface area contributed by atoms with Crippen LogP contribution in [0.4, 0.5) is 11.5 Å². The van der Waals surface area contributed by atoms with Crippen LogP contribution in [0.3, 0.4) is 0 Å². The van der Waals surface area contributed by atoms with Crippen LogP contribution in [0.1, 0.15) is 12.6 Å². The number of aromatic nitrogens is 3. The minimum atomic E-state index is -0.618. The Morgan fingerprint density at radius 3 is 2.90 bits per heavy atom. The molecule has 2 rings (SSSR count). The topological polar surface area (TPSA) is 103 Å². The molecule has 2 aromatic rings. The van der Waals surface area contributed by atoms with Gasteiger partial charge in [0.1, 0.15) is 12.0 Å². The molecule has 9 heteroatoms. The molecule has 110 valence electrons. The van der Waals surface area contributed by atoms with Gasteiger partial charge in [0.15, 0.2) is 0 Å². The molecule has 0 aliphatic rings. The summed E-state index contributed by atoms with van der Waals surface area (Å²) in [7, 11) is 0. The zero-order valence-electron chi connectivity index (χ0n) is 11.1. The van der Waals surface area contributed by atoms with Crippen LogP contribution >= 0.6 is 11.6 Å². The molecule has 21 heavy (non-hydrogen) atoms. The van der Waals surface area contributed by atoms with Gasteiger partial charge in [0.05, 0.1) is 28.4 Å². The summed E-state index contributed by atoms with van der Waals surface area (Å²) in [5.74, 6) is 0.614. The van der Waals surface area contributed by atoms with Gasteiger partial charge in [0.25, 0.3) is 0 Å². The summed E-state index contributed by atoms with van der Waals surface area (Å²) in [6, 6.07) is 3.36. The van der Waals surface area contributed by atoms with Gasteiger partial charge in [0, 0.05) is 6.54 Å². The SMILES string of the molecule is CCNc1ccc(Cl)c(Cn2cc([N+](=O)[O-])cnc2=O)n1. The predicted molar refractivity (Wildman–Crippen MR) is 77.7 cm³/mol. The summed E-state index contributed by atoms with van der Waals surface area (Å²) in [6.07, 6.45) is 2.04.